The summed E-state index contributed by atoms with van der Waals surface area (Å²) in [6.45, 7) is 0.572. The van der Waals surface area contributed by atoms with Crippen molar-refractivity contribution >= 4 is 28.8 Å². The number of nitrogens with zero attached hydrogens (tertiary/aromatic N) is 1. The molecule has 0 unspecified atom stereocenters. The molecule has 0 aromatic heterocycles. The minimum Gasteiger partial charge on any atom is -0.389 e. The molecule has 0 radical (unpaired) electrons. The van der Waals surface area contributed by atoms with E-state index < -0.39 is 5.82 Å². The van der Waals surface area contributed by atoms with E-state index in [1.165, 1.54) is 11.0 Å². The minimum atomic E-state index is -0.458. The summed E-state index contributed by atoms with van der Waals surface area (Å²) >= 11 is 4.75. The molecule has 2 rings (SSSR count). The van der Waals surface area contributed by atoms with Crippen LogP contribution >= 0.6 is 12.2 Å². The molecular formula is C11H11FN2OS. The number of carbonyl (C=O) groups excluding carboxylic acids is 1. The number of amides is 1. The molecule has 2 N–H and O–H groups in total. The van der Waals surface area contributed by atoms with Crippen molar-refractivity contribution in [1.29, 1.82) is 0 Å². The van der Waals surface area contributed by atoms with E-state index in [9.17, 15) is 9.18 Å². The van der Waals surface area contributed by atoms with Gasteiger partial charge in [-0.15, -0.1) is 0 Å². The lowest BCUT2D eigenvalue weighted by Crippen LogP contribution is -2.25. The summed E-state index contributed by atoms with van der Waals surface area (Å²) in [4.78, 5) is 13.1. The first kappa shape index (κ1) is 11.0. The number of anilines is 1. The van der Waals surface area contributed by atoms with E-state index in [0.29, 0.717) is 24.2 Å². The van der Waals surface area contributed by atoms with Crippen molar-refractivity contribution in [2.24, 2.45) is 5.73 Å². The summed E-state index contributed by atoms with van der Waals surface area (Å²) in [6.07, 6.45) is 1.26. The molecule has 1 amide bonds. The van der Waals surface area contributed by atoms with Gasteiger partial charge in [-0.25, -0.2) is 4.39 Å². The van der Waals surface area contributed by atoms with Gasteiger partial charge < -0.3 is 10.6 Å². The number of carbonyl (C=O) groups is 1. The van der Waals surface area contributed by atoms with E-state index >= 15 is 0 Å². The van der Waals surface area contributed by atoms with Crippen molar-refractivity contribution in [1.82, 2.24) is 0 Å². The highest BCUT2D eigenvalue weighted by Gasteiger charge is 2.24. The second kappa shape index (κ2) is 4.17. The molecule has 0 atom stereocenters. The van der Waals surface area contributed by atoms with Gasteiger partial charge in [-0.2, -0.15) is 0 Å². The largest absolute Gasteiger partial charge is 0.389 e. The van der Waals surface area contributed by atoms with Gasteiger partial charge in [-0.1, -0.05) is 12.2 Å². The molecule has 1 heterocycles. The van der Waals surface area contributed by atoms with E-state index in [-0.39, 0.29) is 10.9 Å². The Hall–Kier alpha value is -1.49. The lowest BCUT2D eigenvalue weighted by molar-refractivity contribution is -0.117. The van der Waals surface area contributed by atoms with Crippen LogP contribution in [0.1, 0.15) is 18.4 Å². The van der Waals surface area contributed by atoms with Gasteiger partial charge in [-0.05, 0) is 24.6 Å². The van der Waals surface area contributed by atoms with E-state index in [1.807, 2.05) is 0 Å². The Bertz CT molecular complexity index is 461. The van der Waals surface area contributed by atoms with Gasteiger partial charge in [0, 0.05) is 18.5 Å². The number of thiocarbonyl (C=S) groups is 1. The maximum Gasteiger partial charge on any atom is 0.227 e. The monoisotopic (exact) mass is 238 g/mol. The van der Waals surface area contributed by atoms with Crippen LogP contribution in [0.2, 0.25) is 0 Å². The van der Waals surface area contributed by atoms with Crippen molar-refractivity contribution in [2.45, 2.75) is 12.8 Å². The Morgan fingerprint density at radius 3 is 2.75 bits per heavy atom. The van der Waals surface area contributed by atoms with Crippen LogP contribution in [0.15, 0.2) is 18.2 Å². The van der Waals surface area contributed by atoms with Crippen molar-refractivity contribution in [2.75, 3.05) is 11.4 Å². The molecule has 0 spiro atoms. The van der Waals surface area contributed by atoms with Gasteiger partial charge in [-0.3, -0.25) is 4.79 Å². The molecule has 1 aliphatic heterocycles. The van der Waals surface area contributed by atoms with Gasteiger partial charge >= 0.3 is 0 Å². The second-order valence-corrected chi connectivity index (χ2v) is 4.12. The highest BCUT2D eigenvalue weighted by Crippen LogP contribution is 2.25. The van der Waals surface area contributed by atoms with Crippen molar-refractivity contribution in [3.63, 3.8) is 0 Å². The number of nitrogens with two attached hydrogens (primary N) is 1. The number of benzene rings is 1. The second-order valence-electron chi connectivity index (χ2n) is 3.68. The molecular weight excluding hydrogens is 227 g/mol. The van der Waals surface area contributed by atoms with Gasteiger partial charge in [0.25, 0.3) is 0 Å². The topological polar surface area (TPSA) is 46.3 Å². The Morgan fingerprint density at radius 2 is 2.25 bits per heavy atom. The summed E-state index contributed by atoms with van der Waals surface area (Å²) in [6, 6.07) is 4.45. The van der Waals surface area contributed by atoms with Crippen molar-refractivity contribution in [3.05, 3.63) is 29.6 Å². The Morgan fingerprint density at radius 1 is 1.50 bits per heavy atom. The predicted octanol–water partition coefficient (Wildman–Crippen LogP) is 1.59. The maximum atomic E-state index is 13.7. The number of hydrogen-bond donors (Lipinski definition) is 1. The van der Waals surface area contributed by atoms with Crippen LogP contribution in [0.4, 0.5) is 10.1 Å². The molecule has 1 aromatic carbocycles. The highest BCUT2D eigenvalue weighted by atomic mass is 32.1. The van der Waals surface area contributed by atoms with E-state index in [1.54, 1.807) is 12.1 Å². The summed E-state index contributed by atoms with van der Waals surface area (Å²) < 4.78 is 13.7. The maximum absolute atomic E-state index is 13.7. The Balaban J connectivity index is 2.36. The molecule has 5 heteroatoms. The fourth-order valence-corrected chi connectivity index (χ4v) is 1.91. The fraction of sp³-hybridized carbons (Fsp3) is 0.273. The lowest BCUT2D eigenvalue weighted by atomic mass is 10.2. The lowest BCUT2D eigenvalue weighted by Gasteiger charge is -2.16. The molecule has 84 valence electrons. The third kappa shape index (κ3) is 1.90. The number of hydrogen-bond acceptors (Lipinski definition) is 2. The average Bonchev–Trinajstić information content (AvgIpc) is 2.64. The van der Waals surface area contributed by atoms with Crippen LogP contribution in [-0.2, 0) is 4.79 Å². The van der Waals surface area contributed by atoms with Crippen LogP contribution in [0.5, 0.6) is 0 Å². The molecule has 0 bridgehead atoms. The third-order valence-corrected chi connectivity index (χ3v) is 2.83. The van der Waals surface area contributed by atoms with Crippen molar-refractivity contribution in [3.8, 4) is 0 Å². The van der Waals surface area contributed by atoms with Gasteiger partial charge in [0.15, 0.2) is 0 Å². The number of halogens is 1. The van der Waals surface area contributed by atoms with Gasteiger partial charge in [0.2, 0.25) is 5.91 Å². The Labute approximate surface area is 98.0 Å². The Kier molecular flexibility index (Phi) is 2.87. The zero-order chi connectivity index (χ0) is 11.7. The van der Waals surface area contributed by atoms with E-state index in [2.05, 4.69) is 0 Å². The highest BCUT2D eigenvalue weighted by molar-refractivity contribution is 7.80. The zero-order valence-electron chi connectivity index (χ0n) is 8.57. The zero-order valence-corrected chi connectivity index (χ0v) is 9.39. The summed E-state index contributed by atoms with van der Waals surface area (Å²) in [5, 5.41) is 0. The molecule has 1 fully saturated rings. The molecule has 0 saturated carbocycles. The summed E-state index contributed by atoms with van der Waals surface area (Å²) in [7, 11) is 0. The average molecular weight is 238 g/mol. The quantitative estimate of drug-likeness (QED) is 0.796. The first-order valence-corrected chi connectivity index (χ1v) is 5.40. The number of rotatable bonds is 2. The minimum absolute atomic E-state index is 0.0398. The standard InChI is InChI=1S/C11H11FN2OS/c12-8-6-7(11(13)16)3-4-9(8)14-5-1-2-10(14)15/h3-4,6H,1-2,5H2,(H2,13,16). The SMILES string of the molecule is NC(=S)c1ccc(N2CCCC2=O)c(F)c1. The van der Waals surface area contributed by atoms with Gasteiger partial charge in [0.1, 0.15) is 10.8 Å². The first-order valence-electron chi connectivity index (χ1n) is 4.99. The summed E-state index contributed by atoms with van der Waals surface area (Å²) in [5.74, 6) is -0.498. The predicted molar refractivity (Wildman–Crippen MR) is 63.9 cm³/mol. The van der Waals surface area contributed by atoms with E-state index in [4.69, 9.17) is 18.0 Å². The molecule has 1 aromatic rings. The molecule has 1 aliphatic rings. The van der Waals surface area contributed by atoms with Crippen LogP contribution in [0, 0.1) is 5.82 Å². The normalized spacial score (nSPS) is 15.6. The first-order chi connectivity index (χ1) is 7.59. The summed E-state index contributed by atoms with van der Waals surface area (Å²) in [5.41, 5.74) is 6.18. The van der Waals surface area contributed by atoms with E-state index in [0.717, 1.165) is 6.42 Å². The van der Waals surface area contributed by atoms with Gasteiger partial charge in [0.05, 0.1) is 5.69 Å². The van der Waals surface area contributed by atoms with Crippen LogP contribution in [0.25, 0.3) is 0 Å². The third-order valence-electron chi connectivity index (χ3n) is 2.60. The van der Waals surface area contributed by atoms with Crippen LogP contribution < -0.4 is 10.6 Å². The van der Waals surface area contributed by atoms with Crippen LogP contribution in [0.3, 0.4) is 0 Å². The van der Waals surface area contributed by atoms with Crippen LogP contribution in [-0.4, -0.2) is 17.4 Å². The smallest absolute Gasteiger partial charge is 0.227 e. The molecule has 3 nitrogen and oxygen atoms in total. The molecule has 1 saturated heterocycles. The molecule has 0 aliphatic carbocycles. The van der Waals surface area contributed by atoms with Crippen molar-refractivity contribution < 1.29 is 9.18 Å². The fourth-order valence-electron chi connectivity index (χ4n) is 1.78. The molecule has 16 heavy (non-hydrogen) atoms.